The summed E-state index contributed by atoms with van der Waals surface area (Å²) in [5.41, 5.74) is 0.535. The van der Waals surface area contributed by atoms with E-state index >= 15 is 0 Å². The second-order valence-corrected chi connectivity index (χ2v) is 4.09. The Hall–Kier alpha value is -0.900. The van der Waals surface area contributed by atoms with Crippen LogP contribution in [-0.4, -0.2) is 12.2 Å². The van der Waals surface area contributed by atoms with Crippen LogP contribution in [0.3, 0.4) is 0 Å². The normalized spacial score (nSPS) is 28.5. The molecule has 2 rings (SSSR count). The second-order valence-electron chi connectivity index (χ2n) is 4.09. The predicted molar refractivity (Wildman–Crippen MR) is 56.0 cm³/mol. The van der Waals surface area contributed by atoms with Crippen LogP contribution in [0.1, 0.15) is 26.3 Å². The largest absolute Gasteiger partial charge is 0.342 e. The zero-order chi connectivity index (χ0) is 10.9. The molecule has 0 aliphatic carbocycles. The molecule has 82 valence electrons. The molecule has 1 atom stereocenters. The molecule has 1 aromatic rings. The Bertz CT molecular complexity index is 334. The highest BCUT2D eigenvalue weighted by atomic mass is 17.3. The first kappa shape index (κ1) is 10.6. The average Bonchev–Trinajstić information content (AvgIpc) is 2.25. The first-order chi connectivity index (χ1) is 7.12. The van der Waals surface area contributed by atoms with Gasteiger partial charge in [0, 0.05) is 12.2 Å². The summed E-state index contributed by atoms with van der Waals surface area (Å²) < 4.78 is 5.72. The van der Waals surface area contributed by atoms with Gasteiger partial charge in [-0.3, -0.25) is 0 Å². The Morgan fingerprint density at radius 3 is 2.20 bits per heavy atom. The number of hydrogen-bond donors (Lipinski definition) is 0. The molecular weight excluding hydrogens is 192 g/mol. The quantitative estimate of drug-likeness (QED) is 0.715. The summed E-state index contributed by atoms with van der Waals surface area (Å²) in [6.07, 6.45) is 0. The van der Waals surface area contributed by atoms with Crippen molar-refractivity contribution in [2.24, 2.45) is 0 Å². The molecule has 3 heteroatoms. The van der Waals surface area contributed by atoms with Gasteiger partial charge in [0.25, 0.3) is 5.79 Å². The van der Waals surface area contributed by atoms with E-state index in [0.29, 0.717) is 6.61 Å². The number of hydrogen-bond acceptors (Lipinski definition) is 3. The van der Waals surface area contributed by atoms with Crippen molar-refractivity contribution in [3.05, 3.63) is 35.9 Å². The molecule has 0 radical (unpaired) electrons. The second kappa shape index (κ2) is 3.59. The van der Waals surface area contributed by atoms with Crippen molar-refractivity contribution in [1.29, 1.82) is 0 Å². The van der Waals surface area contributed by atoms with Crippen LogP contribution in [0.4, 0.5) is 0 Å². The fraction of sp³-hybridized carbons (Fsp3) is 0.500. The van der Waals surface area contributed by atoms with E-state index in [4.69, 9.17) is 14.5 Å². The van der Waals surface area contributed by atoms with Crippen LogP contribution < -0.4 is 0 Å². The van der Waals surface area contributed by atoms with Crippen LogP contribution in [-0.2, 0) is 20.3 Å². The van der Waals surface area contributed by atoms with Crippen molar-refractivity contribution in [3.63, 3.8) is 0 Å². The summed E-state index contributed by atoms with van der Waals surface area (Å²) in [7, 11) is 0. The van der Waals surface area contributed by atoms with Crippen molar-refractivity contribution >= 4 is 0 Å². The molecule has 1 aliphatic heterocycles. The summed E-state index contributed by atoms with van der Waals surface area (Å²) in [6.45, 7) is 6.45. The van der Waals surface area contributed by atoms with Gasteiger partial charge in [0.05, 0.1) is 0 Å². The van der Waals surface area contributed by atoms with E-state index in [2.05, 4.69) is 0 Å². The topological polar surface area (TPSA) is 27.7 Å². The van der Waals surface area contributed by atoms with Gasteiger partial charge in [-0.25, -0.2) is 4.89 Å². The number of ether oxygens (including phenoxy) is 1. The third-order valence-corrected chi connectivity index (χ3v) is 2.66. The average molecular weight is 208 g/mol. The minimum absolute atomic E-state index is 0.454. The molecule has 0 N–H and O–H groups in total. The molecular formula is C12H16O3. The minimum atomic E-state index is -0.761. The van der Waals surface area contributed by atoms with E-state index < -0.39 is 11.4 Å². The highest BCUT2D eigenvalue weighted by Gasteiger charge is 2.61. The fourth-order valence-electron chi connectivity index (χ4n) is 1.82. The van der Waals surface area contributed by atoms with E-state index in [1.165, 1.54) is 0 Å². The van der Waals surface area contributed by atoms with Gasteiger partial charge < -0.3 is 4.74 Å². The van der Waals surface area contributed by atoms with Crippen molar-refractivity contribution in [2.45, 2.75) is 32.2 Å². The molecule has 0 saturated carbocycles. The Kier molecular flexibility index (Phi) is 2.54. The number of benzene rings is 1. The highest BCUT2D eigenvalue weighted by molar-refractivity contribution is 5.24. The molecule has 1 aromatic carbocycles. The van der Waals surface area contributed by atoms with Gasteiger partial charge >= 0.3 is 0 Å². The van der Waals surface area contributed by atoms with E-state index in [-0.39, 0.29) is 0 Å². The lowest BCUT2D eigenvalue weighted by atomic mass is 9.88. The Balaban J connectivity index is 2.37. The highest BCUT2D eigenvalue weighted by Crippen LogP contribution is 2.48. The first-order valence-electron chi connectivity index (χ1n) is 5.19. The lowest BCUT2D eigenvalue weighted by molar-refractivity contribution is -0.613. The zero-order valence-corrected chi connectivity index (χ0v) is 9.32. The molecule has 1 fully saturated rings. The maximum absolute atomic E-state index is 5.72. The maximum atomic E-state index is 5.72. The summed E-state index contributed by atoms with van der Waals surface area (Å²) in [4.78, 5) is 10.4. The standard InChI is InChI=1S/C12H16O3/c1-4-13-12(11(2,3)14-15-12)10-8-6-5-7-9-10/h5-9H,4H2,1-3H3. The van der Waals surface area contributed by atoms with Gasteiger partial charge in [0.15, 0.2) is 5.60 Å². The SMILES string of the molecule is CCOC1(c2ccccc2)OOC1(C)C. The van der Waals surface area contributed by atoms with Crippen molar-refractivity contribution in [1.82, 2.24) is 0 Å². The zero-order valence-electron chi connectivity index (χ0n) is 9.32. The van der Waals surface area contributed by atoms with Gasteiger partial charge in [0.2, 0.25) is 0 Å². The van der Waals surface area contributed by atoms with Gasteiger partial charge in [-0.2, -0.15) is 4.89 Å². The van der Waals surface area contributed by atoms with Crippen LogP contribution in [0.5, 0.6) is 0 Å². The third kappa shape index (κ3) is 1.47. The molecule has 1 aliphatic rings. The molecule has 3 nitrogen and oxygen atoms in total. The molecule has 1 saturated heterocycles. The van der Waals surface area contributed by atoms with Crippen LogP contribution >= 0.6 is 0 Å². The van der Waals surface area contributed by atoms with Gasteiger partial charge in [-0.05, 0) is 20.8 Å². The van der Waals surface area contributed by atoms with Crippen molar-refractivity contribution in [2.75, 3.05) is 6.61 Å². The Morgan fingerprint density at radius 2 is 1.80 bits per heavy atom. The lowest BCUT2D eigenvalue weighted by Crippen LogP contribution is -2.62. The molecule has 0 aromatic heterocycles. The molecule has 0 spiro atoms. The summed E-state index contributed by atoms with van der Waals surface area (Å²) in [6, 6.07) is 9.87. The van der Waals surface area contributed by atoms with Crippen molar-refractivity contribution < 1.29 is 14.5 Å². The maximum Gasteiger partial charge on any atom is 0.259 e. The van der Waals surface area contributed by atoms with Crippen LogP contribution in [0.15, 0.2) is 30.3 Å². The van der Waals surface area contributed by atoms with E-state index in [0.717, 1.165) is 5.56 Å². The summed E-state index contributed by atoms with van der Waals surface area (Å²) in [5, 5.41) is 0. The molecule has 1 heterocycles. The molecule has 1 unspecified atom stereocenters. The van der Waals surface area contributed by atoms with E-state index in [1.54, 1.807) is 0 Å². The van der Waals surface area contributed by atoms with Gasteiger partial charge in [-0.1, -0.05) is 30.3 Å². The Morgan fingerprint density at radius 1 is 1.13 bits per heavy atom. The smallest absolute Gasteiger partial charge is 0.259 e. The van der Waals surface area contributed by atoms with Crippen LogP contribution in [0, 0.1) is 0 Å². The lowest BCUT2D eigenvalue weighted by Gasteiger charge is -2.51. The molecule has 0 amide bonds. The molecule has 15 heavy (non-hydrogen) atoms. The number of rotatable bonds is 3. The Labute approximate surface area is 89.9 Å². The van der Waals surface area contributed by atoms with Gasteiger partial charge in [-0.15, -0.1) is 0 Å². The fourth-order valence-corrected chi connectivity index (χ4v) is 1.82. The van der Waals surface area contributed by atoms with Crippen molar-refractivity contribution in [3.8, 4) is 0 Å². The minimum Gasteiger partial charge on any atom is -0.342 e. The first-order valence-corrected chi connectivity index (χ1v) is 5.19. The molecule has 0 bridgehead atoms. The third-order valence-electron chi connectivity index (χ3n) is 2.66. The summed E-state index contributed by atoms with van der Waals surface area (Å²) >= 11 is 0. The predicted octanol–water partition coefficient (Wildman–Crippen LogP) is 2.62. The summed E-state index contributed by atoms with van der Waals surface area (Å²) in [5.74, 6) is -0.761. The van der Waals surface area contributed by atoms with Gasteiger partial charge in [0.1, 0.15) is 0 Å². The van der Waals surface area contributed by atoms with Crippen LogP contribution in [0.2, 0.25) is 0 Å². The van der Waals surface area contributed by atoms with E-state index in [9.17, 15) is 0 Å². The van der Waals surface area contributed by atoms with E-state index in [1.807, 2.05) is 51.1 Å². The van der Waals surface area contributed by atoms with Crippen LogP contribution in [0.25, 0.3) is 0 Å². The monoisotopic (exact) mass is 208 g/mol.